The molecule has 10 heteroatoms. The van der Waals surface area contributed by atoms with Crippen molar-refractivity contribution in [3.63, 3.8) is 0 Å². The Morgan fingerprint density at radius 2 is 1.91 bits per heavy atom. The third-order valence-corrected chi connectivity index (χ3v) is 7.70. The van der Waals surface area contributed by atoms with E-state index < -0.39 is 16.0 Å². The molecule has 0 unspecified atom stereocenters. The molecule has 0 atom stereocenters. The van der Waals surface area contributed by atoms with Crippen LogP contribution >= 0.6 is 0 Å². The number of benzene rings is 1. The van der Waals surface area contributed by atoms with E-state index in [1.54, 1.807) is 19.1 Å². The summed E-state index contributed by atoms with van der Waals surface area (Å²) in [5.74, 6) is -1.12. The fraction of sp³-hybridized carbons (Fsp3) is 0.682. The van der Waals surface area contributed by atoms with Crippen LogP contribution in [0.4, 0.5) is 11.4 Å². The SMILES string of the molecule is CCS(=O)(=O)Nc1ccc(N2CCC(N(C)CCCN3CCOCC3)CC2)c(C(=O)O)c1. The number of anilines is 2. The van der Waals surface area contributed by atoms with Crippen LogP contribution in [-0.4, -0.2) is 101 Å². The van der Waals surface area contributed by atoms with Crippen LogP contribution in [0.2, 0.25) is 0 Å². The minimum atomic E-state index is -3.46. The Morgan fingerprint density at radius 1 is 1.22 bits per heavy atom. The molecule has 2 N–H and O–H groups in total. The highest BCUT2D eigenvalue weighted by molar-refractivity contribution is 7.92. The van der Waals surface area contributed by atoms with Crippen molar-refractivity contribution in [2.45, 2.75) is 32.2 Å². The first kappa shape index (κ1) is 24.8. The van der Waals surface area contributed by atoms with E-state index >= 15 is 0 Å². The number of aromatic carboxylic acids is 1. The van der Waals surface area contributed by atoms with E-state index in [1.807, 2.05) is 0 Å². The van der Waals surface area contributed by atoms with Crippen molar-refractivity contribution in [2.24, 2.45) is 0 Å². The number of sulfonamides is 1. The molecule has 0 radical (unpaired) electrons. The van der Waals surface area contributed by atoms with Gasteiger partial charge in [0.15, 0.2) is 0 Å². The fourth-order valence-corrected chi connectivity index (χ4v) is 5.03. The molecule has 1 aromatic rings. The van der Waals surface area contributed by atoms with Crippen LogP contribution in [0.3, 0.4) is 0 Å². The Kier molecular flexibility index (Phi) is 8.75. The van der Waals surface area contributed by atoms with Crippen LogP contribution in [0.1, 0.15) is 36.5 Å². The predicted octanol–water partition coefficient (Wildman–Crippen LogP) is 1.77. The molecule has 180 valence electrons. The number of morpholine rings is 1. The number of carbonyl (C=O) groups is 1. The van der Waals surface area contributed by atoms with Gasteiger partial charge in [-0.3, -0.25) is 9.62 Å². The molecule has 0 saturated carbocycles. The Morgan fingerprint density at radius 3 is 2.53 bits per heavy atom. The summed E-state index contributed by atoms with van der Waals surface area (Å²) in [6, 6.07) is 5.25. The highest BCUT2D eigenvalue weighted by Gasteiger charge is 2.25. The van der Waals surface area contributed by atoms with Crippen molar-refractivity contribution >= 4 is 27.4 Å². The minimum Gasteiger partial charge on any atom is -0.478 e. The first-order valence-corrected chi connectivity index (χ1v) is 13.1. The lowest BCUT2D eigenvalue weighted by molar-refractivity contribution is 0.0357. The Bertz CT molecular complexity index is 865. The molecule has 2 aliphatic heterocycles. The maximum Gasteiger partial charge on any atom is 0.337 e. The van der Waals surface area contributed by atoms with Gasteiger partial charge in [-0.15, -0.1) is 0 Å². The van der Waals surface area contributed by atoms with Gasteiger partial charge in [0.1, 0.15) is 0 Å². The van der Waals surface area contributed by atoms with Gasteiger partial charge in [-0.05, 0) is 64.5 Å². The highest BCUT2D eigenvalue weighted by Crippen LogP contribution is 2.28. The molecule has 2 heterocycles. The zero-order valence-corrected chi connectivity index (χ0v) is 19.9. The minimum absolute atomic E-state index is 0.0648. The molecule has 2 fully saturated rings. The van der Waals surface area contributed by atoms with Gasteiger partial charge in [-0.2, -0.15) is 0 Å². The summed E-state index contributed by atoms with van der Waals surface area (Å²) in [6.45, 7) is 8.95. The highest BCUT2D eigenvalue weighted by atomic mass is 32.2. The molecule has 3 rings (SSSR count). The zero-order chi connectivity index (χ0) is 23.1. The third kappa shape index (κ3) is 6.81. The lowest BCUT2D eigenvalue weighted by atomic mass is 10.0. The number of carboxylic acid groups (broad SMARTS) is 1. The standard InChI is InChI=1S/C22H36N4O5S/c1-3-32(29,30)23-18-5-6-21(20(17-18)22(27)28)26-11-7-19(8-12-26)24(2)9-4-10-25-13-15-31-16-14-25/h5-6,17,19,23H,3-4,7-16H2,1-2H3,(H,27,28). The number of ether oxygens (including phenoxy) is 1. The largest absolute Gasteiger partial charge is 0.478 e. The van der Waals surface area contributed by atoms with Crippen molar-refractivity contribution < 1.29 is 23.1 Å². The summed E-state index contributed by atoms with van der Waals surface area (Å²) in [5, 5.41) is 9.70. The van der Waals surface area contributed by atoms with Gasteiger partial charge in [-0.25, -0.2) is 13.2 Å². The van der Waals surface area contributed by atoms with Crippen molar-refractivity contribution in [3.05, 3.63) is 23.8 Å². The number of piperidine rings is 1. The van der Waals surface area contributed by atoms with E-state index in [0.717, 1.165) is 71.7 Å². The van der Waals surface area contributed by atoms with Crippen LogP contribution in [0.15, 0.2) is 18.2 Å². The molecule has 9 nitrogen and oxygen atoms in total. The van der Waals surface area contributed by atoms with Gasteiger partial charge in [0.2, 0.25) is 10.0 Å². The van der Waals surface area contributed by atoms with Gasteiger partial charge in [0.25, 0.3) is 0 Å². The molecule has 0 spiro atoms. The van der Waals surface area contributed by atoms with Crippen LogP contribution < -0.4 is 9.62 Å². The summed E-state index contributed by atoms with van der Waals surface area (Å²) in [5.41, 5.74) is 1.05. The van der Waals surface area contributed by atoms with E-state index in [2.05, 4.69) is 26.5 Å². The van der Waals surface area contributed by atoms with E-state index in [1.165, 1.54) is 6.07 Å². The first-order chi connectivity index (χ1) is 15.3. The average molecular weight is 469 g/mol. The quantitative estimate of drug-likeness (QED) is 0.536. The van der Waals surface area contributed by atoms with Crippen molar-refractivity contribution in [3.8, 4) is 0 Å². The number of carboxylic acids is 1. The lowest BCUT2D eigenvalue weighted by Crippen LogP contribution is -2.44. The number of rotatable bonds is 10. The van der Waals surface area contributed by atoms with E-state index in [4.69, 9.17) is 4.74 Å². The number of hydrogen-bond acceptors (Lipinski definition) is 7. The first-order valence-electron chi connectivity index (χ1n) is 11.4. The van der Waals surface area contributed by atoms with Crippen molar-refractivity contribution in [2.75, 3.05) is 74.9 Å². The summed E-state index contributed by atoms with van der Waals surface area (Å²) < 4.78 is 31.5. The molecule has 32 heavy (non-hydrogen) atoms. The number of nitrogens with one attached hydrogen (secondary N) is 1. The van der Waals surface area contributed by atoms with Crippen LogP contribution in [-0.2, 0) is 14.8 Å². The molecular weight excluding hydrogens is 432 g/mol. The van der Waals surface area contributed by atoms with Crippen molar-refractivity contribution in [1.82, 2.24) is 9.80 Å². The molecule has 0 bridgehead atoms. The van der Waals surface area contributed by atoms with Gasteiger partial charge in [-0.1, -0.05) is 0 Å². The molecule has 2 aliphatic rings. The maximum absolute atomic E-state index is 11.8. The smallest absolute Gasteiger partial charge is 0.337 e. The maximum atomic E-state index is 11.8. The molecular formula is C22H36N4O5S. The van der Waals surface area contributed by atoms with Gasteiger partial charge < -0.3 is 19.6 Å². The second-order valence-electron chi connectivity index (χ2n) is 8.55. The monoisotopic (exact) mass is 468 g/mol. The average Bonchev–Trinajstić information content (AvgIpc) is 2.79. The fourth-order valence-electron chi connectivity index (χ4n) is 4.40. The van der Waals surface area contributed by atoms with E-state index in [9.17, 15) is 18.3 Å². The normalized spacial score (nSPS) is 18.8. The van der Waals surface area contributed by atoms with Crippen molar-refractivity contribution in [1.29, 1.82) is 0 Å². The van der Waals surface area contributed by atoms with E-state index in [-0.39, 0.29) is 17.0 Å². The van der Waals surface area contributed by atoms with Gasteiger partial charge >= 0.3 is 5.97 Å². The lowest BCUT2D eigenvalue weighted by Gasteiger charge is -2.38. The molecule has 0 aromatic heterocycles. The van der Waals surface area contributed by atoms with E-state index in [0.29, 0.717) is 11.7 Å². The Balaban J connectivity index is 1.53. The topological polar surface area (TPSA) is 102 Å². The number of nitrogens with zero attached hydrogens (tertiary/aromatic N) is 3. The Hall–Kier alpha value is -1.88. The molecule has 2 saturated heterocycles. The van der Waals surface area contributed by atoms with Crippen LogP contribution in [0.5, 0.6) is 0 Å². The van der Waals surface area contributed by atoms with Gasteiger partial charge in [0, 0.05) is 37.9 Å². The Labute approximate surface area is 191 Å². The third-order valence-electron chi connectivity index (χ3n) is 6.40. The van der Waals surface area contributed by atoms with Crippen LogP contribution in [0, 0.1) is 0 Å². The summed E-state index contributed by atoms with van der Waals surface area (Å²) >= 11 is 0. The molecule has 0 aliphatic carbocycles. The van der Waals surface area contributed by atoms with Crippen LogP contribution in [0.25, 0.3) is 0 Å². The predicted molar refractivity (Wildman–Crippen MR) is 126 cm³/mol. The second-order valence-corrected chi connectivity index (χ2v) is 10.6. The molecule has 1 aromatic carbocycles. The zero-order valence-electron chi connectivity index (χ0n) is 19.1. The number of hydrogen-bond donors (Lipinski definition) is 2. The van der Waals surface area contributed by atoms with Gasteiger partial charge in [0.05, 0.1) is 30.2 Å². The summed E-state index contributed by atoms with van der Waals surface area (Å²) in [4.78, 5) is 18.8. The second kappa shape index (κ2) is 11.3. The molecule has 0 amide bonds. The summed E-state index contributed by atoms with van der Waals surface area (Å²) in [6.07, 6.45) is 3.07. The summed E-state index contributed by atoms with van der Waals surface area (Å²) in [7, 11) is -1.28.